The zero-order chi connectivity index (χ0) is 23.1. The van der Waals surface area contributed by atoms with E-state index in [1.807, 2.05) is 49.2 Å². The van der Waals surface area contributed by atoms with Crippen LogP contribution in [0, 0.1) is 6.92 Å². The summed E-state index contributed by atoms with van der Waals surface area (Å²) in [6.07, 6.45) is 0. The van der Waals surface area contributed by atoms with E-state index in [4.69, 9.17) is 0 Å². The molecule has 1 N–H and O–H groups in total. The van der Waals surface area contributed by atoms with E-state index in [0.717, 1.165) is 20.0 Å². The molecule has 1 amide bonds. The minimum absolute atomic E-state index is 0.141. The van der Waals surface area contributed by atoms with Gasteiger partial charge >= 0.3 is 0 Å². The zero-order valence-electron chi connectivity index (χ0n) is 18.0. The Balaban J connectivity index is 1.73. The first kappa shape index (κ1) is 23.8. The summed E-state index contributed by atoms with van der Waals surface area (Å²) in [5, 5.41) is 2.83. The van der Waals surface area contributed by atoms with E-state index < -0.39 is 10.0 Å². The van der Waals surface area contributed by atoms with Gasteiger partial charge in [-0.1, -0.05) is 51.8 Å². The molecule has 0 aliphatic rings. The van der Waals surface area contributed by atoms with Crippen LogP contribution in [0.1, 0.15) is 5.56 Å². The summed E-state index contributed by atoms with van der Waals surface area (Å²) in [5.74, 6) is -0.370. The van der Waals surface area contributed by atoms with Gasteiger partial charge in [-0.15, -0.1) is 0 Å². The predicted molar refractivity (Wildman–Crippen MR) is 133 cm³/mol. The van der Waals surface area contributed by atoms with Gasteiger partial charge in [0, 0.05) is 30.3 Å². The molecule has 0 radical (unpaired) electrons. The fourth-order valence-corrected chi connectivity index (χ4v) is 4.81. The number of nitrogens with zero attached hydrogens (tertiary/aromatic N) is 2. The highest BCUT2D eigenvalue weighted by Crippen LogP contribution is 2.25. The van der Waals surface area contributed by atoms with Gasteiger partial charge in [0.2, 0.25) is 5.91 Å². The van der Waals surface area contributed by atoms with Crippen molar-refractivity contribution < 1.29 is 13.2 Å². The fraction of sp³-hybridized carbons (Fsp3) is 0.208. The maximum atomic E-state index is 13.4. The number of amides is 1. The van der Waals surface area contributed by atoms with Crippen molar-refractivity contribution in [2.75, 3.05) is 35.9 Å². The summed E-state index contributed by atoms with van der Waals surface area (Å²) in [4.78, 5) is 14.9. The van der Waals surface area contributed by atoms with E-state index in [-0.39, 0.29) is 17.3 Å². The predicted octanol–water partition coefficient (Wildman–Crippen LogP) is 4.21. The van der Waals surface area contributed by atoms with Crippen LogP contribution in [0.5, 0.6) is 0 Å². The quantitative estimate of drug-likeness (QED) is 0.463. The number of sulfonamides is 1. The number of hydrogen-bond donors (Lipinski definition) is 1. The molecule has 0 heterocycles. The first-order chi connectivity index (χ1) is 15.3. The molecule has 8 heteroatoms. The largest absolute Gasteiger partial charge is 0.373 e. The summed E-state index contributed by atoms with van der Waals surface area (Å²) < 4.78 is 28.7. The van der Waals surface area contributed by atoms with Gasteiger partial charge in [-0.2, -0.15) is 0 Å². The van der Waals surface area contributed by atoms with Crippen molar-refractivity contribution in [3.05, 3.63) is 88.9 Å². The third-order valence-electron chi connectivity index (χ3n) is 4.98. The van der Waals surface area contributed by atoms with Crippen LogP contribution in [0.4, 0.5) is 11.4 Å². The van der Waals surface area contributed by atoms with Crippen LogP contribution in [0.25, 0.3) is 0 Å². The van der Waals surface area contributed by atoms with Crippen LogP contribution >= 0.6 is 15.9 Å². The first-order valence-corrected chi connectivity index (χ1v) is 12.4. The summed E-state index contributed by atoms with van der Waals surface area (Å²) in [6.45, 7) is 2.57. The minimum atomic E-state index is -3.92. The van der Waals surface area contributed by atoms with Crippen molar-refractivity contribution >= 4 is 43.2 Å². The monoisotopic (exact) mass is 515 g/mol. The Hall–Kier alpha value is -2.84. The van der Waals surface area contributed by atoms with Gasteiger partial charge in [0.05, 0.1) is 10.6 Å². The SMILES string of the molecule is Cc1ccc(S(=O)(=O)N(CC(=O)NCCN(C)c2ccccc2)c2ccc(Br)cc2)cc1. The number of anilines is 2. The van der Waals surface area contributed by atoms with Crippen molar-refractivity contribution in [3.63, 3.8) is 0 Å². The average Bonchev–Trinajstić information content (AvgIpc) is 2.79. The molecule has 0 fully saturated rings. The summed E-state index contributed by atoms with van der Waals surface area (Å²) >= 11 is 3.36. The second kappa shape index (κ2) is 10.7. The smallest absolute Gasteiger partial charge is 0.264 e. The number of benzene rings is 3. The van der Waals surface area contributed by atoms with Crippen LogP contribution in [-0.2, 0) is 14.8 Å². The molecular formula is C24H26BrN3O3S. The molecule has 32 heavy (non-hydrogen) atoms. The molecule has 0 spiro atoms. The van der Waals surface area contributed by atoms with Gasteiger partial charge in [-0.05, 0) is 55.5 Å². The van der Waals surface area contributed by atoms with Gasteiger partial charge < -0.3 is 10.2 Å². The molecule has 0 bridgehead atoms. The fourth-order valence-electron chi connectivity index (χ4n) is 3.12. The van der Waals surface area contributed by atoms with E-state index in [1.165, 1.54) is 0 Å². The summed E-state index contributed by atoms with van der Waals surface area (Å²) in [7, 11) is -1.97. The molecule has 0 atom stereocenters. The standard InChI is InChI=1S/C24H26BrN3O3S/c1-19-8-14-23(15-9-19)32(30,31)28(22-12-10-20(25)11-13-22)18-24(29)26-16-17-27(2)21-6-4-3-5-7-21/h3-15H,16-18H2,1-2H3,(H,26,29). The Labute approximate surface area is 198 Å². The number of nitrogens with one attached hydrogen (secondary N) is 1. The molecule has 0 unspecified atom stereocenters. The van der Waals surface area contributed by atoms with Gasteiger partial charge in [-0.3, -0.25) is 9.10 Å². The lowest BCUT2D eigenvalue weighted by Crippen LogP contribution is -2.42. The van der Waals surface area contributed by atoms with Crippen molar-refractivity contribution in [3.8, 4) is 0 Å². The first-order valence-electron chi connectivity index (χ1n) is 10.2. The molecule has 6 nitrogen and oxygen atoms in total. The van der Waals surface area contributed by atoms with Crippen LogP contribution in [-0.4, -0.2) is 41.0 Å². The van der Waals surface area contributed by atoms with Crippen molar-refractivity contribution in [2.24, 2.45) is 0 Å². The van der Waals surface area contributed by atoms with Crippen LogP contribution < -0.4 is 14.5 Å². The molecule has 0 saturated heterocycles. The van der Waals surface area contributed by atoms with Gasteiger partial charge in [0.1, 0.15) is 6.54 Å². The molecular weight excluding hydrogens is 490 g/mol. The van der Waals surface area contributed by atoms with Crippen LogP contribution in [0.15, 0.2) is 88.2 Å². The zero-order valence-corrected chi connectivity index (χ0v) is 20.4. The Kier molecular flexibility index (Phi) is 7.93. The number of hydrogen-bond acceptors (Lipinski definition) is 4. The number of carbonyl (C=O) groups excluding carboxylic acids is 1. The normalized spacial score (nSPS) is 11.1. The Morgan fingerprint density at radius 1 is 0.906 bits per heavy atom. The molecule has 3 aromatic rings. The van der Waals surface area contributed by atoms with Crippen LogP contribution in [0.2, 0.25) is 0 Å². The molecule has 3 aromatic carbocycles. The second-order valence-corrected chi connectivity index (χ2v) is 10.2. The van der Waals surface area contributed by atoms with Crippen LogP contribution in [0.3, 0.4) is 0 Å². The number of rotatable bonds is 9. The van der Waals surface area contributed by atoms with E-state index in [1.54, 1.807) is 48.5 Å². The van der Waals surface area contributed by atoms with Gasteiger partial charge in [-0.25, -0.2) is 8.42 Å². The Morgan fingerprint density at radius 3 is 2.16 bits per heavy atom. The minimum Gasteiger partial charge on any atom is -0.373 e. The van der Waals surface area contributed by atoms with Gasteiger partial charge in [0.15, 0.2) is 0 Å². The Bertz CT molecular complexity index is 1140. The van der Waals surface area contributed by atoms with E-state index in [9.17, 15) is 13.2 Å². The van der Waals surface area contributed by atoms with E-state index in [0.29, 0.717) is 18.8 Å². The highest BCUT2D eigenvalue weighted by atomic mass is 79.9. The van der Waals surface area contributed by atoms with Crippen molar-refractivity contribution in [1.29, 1.82) is 0 Å². The van der Waals surface area contributed by atoms with Gasteiger partial charge in [0.25, 0.3) is 10.0 Å². The maximum Gasteiger partial charge on any atom is 0.264 e. The molecule has 168 valence electrons. The number of aryl methyl sites for hydroxylation is 1. The summed E-state index contributed by atoms with van der Waals surface area (Å²) in [6, 6.07) is 23.3. The number of carbonyl (C=O) groups is 1. The summed E-state index contributed by atoms with van der Waals surface area (Å²) in [5.41, 5.74) is 2.42. The lowest BCUT2D eigenvalue weighted by molar-refractivity contribution is -0.119. The number of halogens is 1. The lowest BCUT2D eigenvalue weighted by atomic mass is 10.2. The third kappa shape index (κ3) is 6.11. The topological polar surface area (TPSA) is 69.7 Å². The van der Waals surface area contributed by atoms with Crippen molar-refractivity contribution in [1.82, 2.24) is 5.32 Å². The average molecular weight is 516 g/mol. The molecule has 0 aromatic heterocycles. The lowest BCUT2D eigenvalue weighted by Gasteiger charge is -2.25. The second-order valence-electron chi connectivity index (χ2n) is 7.41. The van der Waals surface area contributed by atoms with E-state index >= 15 is 0 Å². The highest BCUT2D eigenvalue weighted by Gasteiger charge is 2.27. The molecule has 0 aliphatic carbocycles. The third-order valence-corrected chi connectivity index (χ3v) is 7.29. The molecule has 3 rings (SSSR count). The molecule has 0 saturated carbocycles. The Morgan fingerprint density at radius 2 is 1.53 bits per heavy atom. The molecule has 0 aliphatic heterocycles. The van der Waals surface area contributed by atoms with E-state index in [2.05, 4.69) is 21.2 Å². The number of para-hydroxylation sites is 1. The van der Waals surface area contributed by atoms with Crippen molar-refractivity contribution in [2.45, 2.75) is 11.8 Å². The maximum absolute atomic E-state index is 13.4. The number of likely N-dealkylation sites (N-methyl/N-ethyl adjacent to an activating group) is 1. The highest BCUT2D eigenvalue weighted by molar-refractivity contribution is 9.10.